The molecule has 0 radical (unpaired) electrons. The molecule has 0 aliphatic carbocycles. The minimum Gasteiger partial charge on any atom is -0.457 e. The van der Waals surface area contributed by atoms with Crippen LogP contribution in [0.15, 0.2) is 109 Å². The topological polar surface area (TPSA) is 106 Å². The van der Waals surface area contributed by atoms with Crippen LogP contribution in [0.2, 0.25) is 0 Å². The van der Waals surface area contributed by atoms with E-state index < -0.39 is 4.33 Å². The summed E-state index contributed by atoms with van der Waals surface area (Å²) in [6.07, 6.45) is 0. The molecule has 10 nitrogen and oxygen atoms in total. The molecular formula is C27H18Cl2N8O2. The van der Waals surface area contributed by atoms with E-state index in [0.29, 0.717) is 22.9 Å². The van der Waals surface area contributed by atoms with Crippen LogP contribution < -0.4 is 9.47 Å². The highest BCUT2D eigenvalue weighted by Crippen LogP contribution is 2.39. The number of rotatable bonds is 8. The standard InChI is InChI=1S/C27H18Cl2N8O2/c28-27(29,25-30-32-34-36(25)19-11-15-23(16-12-19)38-21-7-3-1-4-8-21)26-31-33-35-37(26)20-13-17-24(18-14-20)39-22-9-5-2-6-10-22/h1-18H. The second-order valence-corrected chi connectivity index (χ2v) is 9.55. The number of hydrogen-bond acceptors (Lipinski definition) is 8. The zero-order valence-corrected chi connectivity index (χ0v) is 21.6. The van der Waals surface area contributed by atoms with Gasteiger partial charge in [-0.15, -0.1) is 10.2 Å². The number of hydrogen-bond donors (Lipinski definition) is 0. The van der Waals surface area contributed by atoms with Crippen molar-refractivity contribution in [3.8, 4) is 34.4 Å². The first-order valence-electron chi connectivity index (χ1n) is 11.7. The predicted octanol–water partition coefficient (Wildman–Crippen LogP) is 5.90. The average molecular weight is 557 g/mol. The quantitative estimate of drug-likeness (QED) is 0.213. The molecule has 0 fully saturated rings. The van der Waals surface area contributed by atoms with Gasteiger partial charge in [0, 0.05) is 0 Å². The lowest BCUT2D eigenvalue weighted by atomic mass is 10.2. The summed E-state index contributed by atoms with van der Waals surface area (Å²) in [6.45, 7) is 0. The molecule has 192 valence electrons. The van der Waals surface area contributed by atoms with E-state index in [0.717, 1.165) is 11.5 Å². The van der Waals surface area contributed by atoms with Crippen molar-refractivity contribution in [1.82, 2.24) is 40.4 Å². The summed E-state index contributed by atoms with van der Waals surface area (Å²) in [5, 5.41) is 23.9. The number of nitrogens with zero attached hydrogens (tertiary/aromatic N) is 8. The van der Waals surface area contributed by atoms with Crippen LogP contribution in [-0.2, 0) is 4.33 Å². The van der Waals surface area contributed by atoms with Crippen molar-refractivity contribution in [3.05, 3.63) is 121 Å². The van der Waals surface area contributed by atoms with Crippen LogP contribution >= 0.6 is 23.2 Å². The summed E-state index contributed by atoms with van der Waals surface area (Å²) in [4.78, 5) is 0. The zero-order chi connectivity index (χ0) is 26.7. The smallest absolute Gasteiger partial charge is 0.240 e. The van der Waals surface area contributed by atoms with Gasteiger partial charge in [0.2, 0.25) is 16.0 Å². The minimum absolute atomic E-state index is 0.114. The largest absolute Gasteiger partial charge is 0.457 e. The Labute approximate surface area is 232 Å². The molecule has 0 aliphatic rings. The molecule has 0 N–H and O–H groups in total. The van der Waals surface area contributed by atoms with E-state index in [9.17, 15) is 0 Å². The first-order valence-corrected chi connectivity index (χ1v) is 12.5. The van der Waals surface area contributed by atoms with Gasteiger partial charge in [-0.05, 0) is 93.6 Å². The van der Waals surface area contributed by atoms with Gasteiger partial charge in [0.25, 0.3) is 0 Å². The Morgan fingerprint density at radius 1 is 0.487 bits per heavy atom. The molecule has 0 bridgehead atoms. The Kier molecular flexibility index (Phi) is 6.62. The number of aromatic nitrogens is 8. The van der Waals surface area contributed by atoms with E-state index in [-0.39, 0.29) is 11.6 Å². The molecule has 0 saturated carbocycles. The van der Waals surface area contributed by atoms with Crippen LogP contribution in [0, 0.1) is 0 Å². The fraction of sp³-hybridized carbons (Fsp3) is 0.0370. The molecule has 0 spiro atoms. The lowest BCUT2D eigenvalue weighted by molar-refractivity contribution is 0.482. The molecule has 0 aliphatic heterocycles. The summed E-state index contributed by atoms with van der Waals surface area (Å²) >= 11 is 13.7. The number of benzene rings is 4. The van der Waals surface area contributed by atoms with Gasteiger partial charge in [-0.3, -0.25) is 0 Å². The van der Waals surface area contributed by atoms with Crippen molar-refractivity contribution < 1.29 is 9.47 Å². The van der Waals surface area contributed by atoms with Crippen molar-refractivity contribution in [3.63, 3.8) is 0 Å². The van der Waals surface area contributed by atoms with Crippen molar-refractivity contribution in [1.29, 1.82) is 0 Å². The van der Waals surface area contributed by atoms with Gasteiger partial charge < -0.3 is 9.47 Å². The second kappa shape index (κ2) is 10.5. The Hall–Kier alpha value is -4.80. The van der Waals surface area contributed by atoms with Gasteiger partial charge in [0.05, 0.1) is 11.4 Å². The van der Waals surface area contributed by atoms with E-state index >= 15 is 0 Å². The first kappa shape index (κ1) is 24.5. The van der Waals surface area contributed by atoms with Crippen LogP contribution in [0.25, 0.3) is 11.4 Å². The van der Waals surface area contributed by atoms with Crippen molar-refractivity contribution in [2.45, 2.75) is 4.33 Å². The predicted molar refractivity (Wildman–Crippen MR) is 144 cm³/mol. The minimum atomic E-state index is -1.80. The molecule has 4 aromatic carbocycles. The van der Waals surface area contributed by atoms with Crippen LogP contribution in [0.4, 0.5) is 0 Å². The molecule has 0 amide bonds. The molecule has 39 heavy (non-hydrogen) atoms. The van der Waals surface area contributed by atoms with Gasteiger partial charge in [0.15, 0.2) is 0 Å². The summed E-state index contributed by atoms with van der Waals surface area (Å²) in [6, 6.07) is 33.3. The molecule has 12 heteroatoms. The maximum absolute atomic E-state index is 6.85. The lowest BCUT2D eigenvalue weighted by Gasteiger charge is -2.18. The lowest BCUT2D eigenvalue weighted by Crippen LogP contribution is -2.24. The Morgan fingerprint density at radius 3 is 1.23 bits per heavy atom. The number of alkyl halides is 2. The first-order chi connectivity index (χ1) is 19.1. The van der Waals surface area contributed by atoms with Gasteiger partial charge in [-0.1, -0.05) is 59.6 Å². The van der Waals surface area contributed by atoms with Gasteiger partial charge in [-0.25, -0.2) is 0 Å². The highest BCUT2D eigenvalue weighted by Gasteiger charge is 2.41. The summed E-state index contributed by atoms with van der Waals surface area (Å²) in [7, 11) is 0. The number of halogens is 2. The molecule has 0 unspecified atom stereocenters. The molecule has 6 rings (SSSR count). The Balaban J connectivity index is 1.25. The van der Waals surface area contributed by atoms with E-state index in [4.69, 9.17) is 32.7 Å². The number of para-hydroxylation sites is 2. The molecule has 6 aromatic rings. The zero-order valence-electron chi connectivity index (χ0n) is 20.0. The monoisotopic (exact) mass is 556 g/mol. The second-order valence-electron chi connectivity index (χ2n) is 8.22. The maximum atomic E-state index is 6.85. The van der Waals surface area contributed by atoms with Gasteiger partial charge >= 0.3 is 0 Å². The van der Waals surface area contributed by atoms with Crippen molar-refractivity contribution >= 4 is 23.2 Å². The van der Waals surface area contributed by atoms with E-state index in [1.54, 1.807) is 48.5 Å². The van der Waals surface area contributed by atoms with Crippen molar-refractivity contribution in [2.75, 3.05) is 0 Å². The average Bonchev–Trinajstić information content (AvgIpc) is 3.67. The Bertz CT molecular complexity index is 1550. The molecule has 2 aromatic heterocycles. The van der Waals surface area contributed by atoms with E-state index in [2.05, 4.69) is 31.1 Å². The fourth-order valence-corrected chi connectivity index (χ4v) is 4.25. The van der Waals surface area contributed by atoms with Crippen LogP contribution in [-0.4, -0.2) is 40.4 Å². The third-order valence-corrected chi connectivity index (χ3v) is 6.30. The molecule has 0 atom stereocenters. The van der Waals surface area contributed by atoms with Crippen LogP contribution in [0.3, 0.4) is 0 Å². The Morgan fingerprint density at radius 2 is 0.846 bits per heavy atom. The number of tetrazole rings is 2. The van der Waals surface area contributed by atoms with Gasteiger partial charge in [0.1, 0.15) is 23.0 Å². The summed E-state index contributed by atoms with van der Waals surface area (Å²) in [5.74, 6) is 2.96. The fourth-order valence-electron chi connectivity index (χ4n) is 3.77. The molecule has 2 heterocycles. The molecule has 0 saturated heterocycles. The summed E-state index contributed by atoms with van der Waals surface area (Å²) < 4.78 is 12.8. The van der Waals surface area contributed by atoms with Crippen molar-refractivity contribution in [2.24, 2.45) is 0 Å². The van der Waals surface area contributed by atoms with Crippen LogP contribution in [0.5, 0.6) is 23.0 Å². The third kappa shape index (κ3) is 5.15. The van der Waals surface area contributed by atoms with Crippen LogP contribution in [0.1, 0.15) is 11.6 Å². The van der Waals surface area contributed by atoms with E-state index in [1.165, 1.54) is 9.36 Å². The normalized spacial score (nSPS) is 11.3. The van der Waals surface area contributed by atoms with Gasteiger partial charge in [-0.2, -0.15) is 9.36 Å². The maximum Gasteiger partial charge on any atom is 0.240 e. The molecular weight excluding hydrogens is 539 g/mol. The van der Waals surface area contributed by atoms with E-state index in [1.807, 2.05) is 60.7 Å². The SMILES string of the molecule is ClC(Cl)(c1nnnn1-c1ccc(Oc2ccccc2)cc1)c1nnnn1-c1ccc(Oc2ccccc2)cc1. The number of ether oxygens (including phenoxy) is 2. The third-order valence-electron chi connectivity index (χ3n) is 5.62. The highest BCUT2D eigenvalue weighted by atomic mass is 35.5. The summed E-state index contributed by atoms with van der Waals surface area (Å²) in [5.41, 5.74) is 1.23. The highest BCUT2D eigenvalue weighted by molar-refractivity contribution is 6.49.